The van der Waals surface area contributed by atoms with E-state index in [1.807, 2.05) is 44.3 Å². The van der Waals surface area contributed by atoms with Gasteiger partial charge in [0.2, 0.25) is 10.0 Å². The molecule has 0 amide bonds. The molecular formula is C27H32N2O6S. The highest BCUT2D eigenvalue weighted by atomic mass is 32.2. The molecule has 36 heavy (non-hydrogen) atoms. The first-order chi connectivity index (χ1) is 17.1. The van der Waals surface area contributed by atoms with Crippen molar-refractivity contribution in [2.45, 2.75) is 74.5 Å². The number of carbonyl (C=O) groups is 1. The van der Waals surface area contributed by atoms with E-state index in [0.29, 0.717) is 37.2 Å². The second kappa shape index (κ2) is 8.02. The van der Waals surface area contributed by atoms with Gasteiger partial charge in [0.1, 0.15) is 6.10 Å². The van der Waals surface area contributed by atoms with Crippen LogP contribution < -0.4 is 14.2 Å². The van der Waals surface area contributed by atoms with E-state index >= 15 is 0 Å². The molecule has 2 bridgehead atoms. The van der Waals surface area contributed by atoms with Crippen molar-refractivity contribution in [3.8, 4) is 11.5 Å². The normalized spacial score (nSPS) is 32.5. The Morgan fingerprint density at radius 1 is 1.25 bits per heavy atom. The topological polar surface area (TPSA) is 105 Å². The molecule has 1 spiro atoms. The number of likely N-dealkylation sites (tertiary alicyclic amines) is 1. The number of hydrogen-bond donors (Lipinski definition) is 2. The molecule has 2 aromatic carbocycles. The smallest absolute Gasteiger partial charge is 0.308 e. The molecule has 8 nitrogen and oxygen atoms in total. The second-order valence-electron chi connectivity index (χ2n) is 10.9. The number of sulfonamides is 1. The fourth-order valence-corrected chi connectivity index (χ4v) is 8.87. The van der Waals surface area contributed by atoms with Crippen molar-refractivity contribution in [3.63, 3.8) is 0 Å². The first kappa shape index (κ1) is 23.9. The largest absolute Gasteiger partial charge is 0.483 e. The standard InChI is InChI=1S/C27H32N2O6S/c1-16-6-4-5-7-19(16)15-36(32,33)28-20-10-11-27(31)22-14-18-8-9-21(34-17(2)30)24-23(18)26(27,25(20)35-24)12-13-29(22)3/h4-9,20,22,25,28,31H,10-15H2,1-3H3/t20-,22-,25+,26+,27-/m1/s1. The summed E-state index contributed by atoms with van der Waals surface area (Å²) in [5.41, 5.74) is 1.77. The van der Waals surface area contributed by atoms with E-state index in [9.17, 15) is 18.3 Å². The molecule has 1 saturated heterocycles. The summed E-state index contributed by atoms with van der Waals surface area (Å²) in [5, 5.41) is 12.3. The van der Waals surface area contributed by atoms with E-state index in [1.54, 1.807) is 6.07 Å². The number of likely N-dealkylation sites (N-methyl/N-ethyl adjacent to an activating group) is 1. The van der Waals surface area contributed by atoms with Crippen LogP contribution in [0.2, 0.25) is 0 Å². The van der Waals surface area contributed by atoms with Gasteiger partial charge in [-0.1, -0.05) is 30.3 Å². The number of nitrogens with one attached hydrogen (secondary N) is 1. The minimum absolute atomic E-state index is 0.0973. The Morgan fingerprint density at radius 2 is 2.03 bits per heavy atom. The average Bonchev–Trinajstić information content (AvgIpc) is 3.16. The second-order valence-corrected chi connectivity index (χ2v) is 12.6. The van der Waals surface area contributed by atoms with Gasteiger partial charge in [-0.25, -0.2) is 13.1 Å². The van der Waals surface area contributed by atoms with E-state index in [2.05, 4.69) is 9.62 Å². The number of esters is 1. The number of aryl methyl sites for hydroxylation is 1. The minimum atomic E-state index is -3.69. The molecule has 2 aromatic rings. The van der Waals surface area contributed by atoms with Gasteiger partial charge < -0.3 is 19.5 Å². The number of aliphatic hydroxyl groups is 1. The van der Waals surface area contributed by atoms with Crippen LogP contribution >= 0.6 is 0 Å². The number of ether oxygens (including phenoxy) is 2. The minimum Gasteiger partial charge on any atom is -0.483 e. The van der Waals surface area contributed by atoms with E-state index in [1.165, 1.54) is 6.92 Å². The van der Waals surface area contributed by atoms with Crippen molar-refractivity contribution in [3.05, 3.63) is 58.7 Å². The maximum Gasteiger partial charge on any atom is 0.308 e. The summed E-state index contributed by atoms with van der Waals surface area (Å²) in [7, 11) is -1.65. The lowest BCUT2D eigenvalue weighted by Crippen LogP contribution is -2.77. The van der Waals surface area contributed by atoms with Crippen molar-refractivity contribution in [2.75, 3.05) is 13.6 Å². The Morgan fingerprint density at radius 3 is 2.78 bits per heavy atom. The quantitative estimate of drug-likeness (QED) is 0.467. The molecule has 192 valence electrons. The summed E-state index contributed by atoms with van der Waals surface area (Å²) in [5.74, 6) is 0.220. The Hall–Kier alpha value is -2.46. The zero-order valence-electron chi connectivity index (χ0n) is 20.8. The number of hydrogen-bond acceptors (Lipinski definition) is 7. The molecule has 2 heterocycles. The SMILES string of the molecule is CC(=O)Oc1ccc2c3c1O[C@H]1[C@H](NS(=O)(=O)Cc4ccccc4C)CC[C@@]4(O)[C@@H](C2)N(C)CC[C@]314. The Kier molecular flexibility index (Phi) is 5.32. The fraction of sp³-hybridized carbons (Fsp3) is 0.519. The molecule has 9 heteroatoms. The van der Waals surface area contributed by atoms with Crippen LogP contribution in [-0.2, 0) is 32.4 Å². The molecule has 2 N–H and O–H groups in total. The van der Waals surface area contributed by atoms with E-state index < -0.39 is 39.2 Å². The van der Waals surface area contributed by atoms with Crippen LogP contribution in [0.25, 0.3) is 0 Å². The van der Waals surface area contributed by atoms with Gasteiger partial charge in [-0.05, 0) is 69.0 Å². The van der Waals surface area contributed by atoms with Gasteiger partial charge in [-0.3, -0.25) is 4.79 Å². The lowest BCUT2D eigenvalue weighted by atomic mass is 9.48. The third-order valence-corrected chi connectivity index (χ3v) is 10.3. The molecule has 2 aliphatic carbocycles. The van der Waals surface area contributed by atoms with Crippen LogP contribution in [0.5, 0.6) is 11.5 Å². The fourth-order valence-electron chi connectivity index (χ4n) is 7.35. The molecule has 5 atom stereocenters. The van der Waals surface area contributed by atoms with Gasteiger partial charge >= 0.3 is 5.97 Å². The Bertz CT molecular complexity index is 1360. The van der Waals surface area contributed by atoms with Crippen molar-refractivity contribution in [1.82, 2.24) is 9.62 Å². The molecule has 0 unspecified atom stereocenters. The zero-order valence-corrected chi connectivity index (χ0v) is 21.6. The average molecular weight is 513 g/mol. The lowest BCUT2D eigenvalue weighted by molar-refractivity contribution is -0.185. The van der Waals surface area contributed by atoms with Gasteiger partial charge in [-0.2, -0.15) is 0 Å². The molecule has 1 saturated carbocycles. The molecule has 0 radical (unpaired) electrons. The van der Waals surface area contributed by atoms with E-state index in [-0.39, 0.29) is 11.8 Å². The third-order valence-electron chi connectivity index (χ3n) is 8.91. The van der Waals surface area contributed by atoms with E-state index in [4.69, 9.17) is 9.47 Å². The van der Waals surface area contributed by atoms with Crippen molar-refractivity contribution in [1.29, 1.82) is 0 Å². The lowest BCUT2D eigenvalue weighted by Gasteiger charge is -2.63. The van der Waals surface area contributed by atoms with Gasteiger partial charge in [-0.15, -0.1) is 0 Å². The summed E-state index contributed by atoms with van der Waals surface area (Å²) in [4.78, 5) is 14.1. The van der Waals surface area contributed by atoms with Crippen LogP contribution in [-0.4, -0.2) is 61.8 Å². The van der Waals surface area contributed by atoms with Crippen LogP contribution in [0.15, 0.2) is 36.4 Å². The molecule has 0 aromatic heterocycles. The number of carbonyl (C=O) groups excluding carboxylic acids is 1. The highest BCUT2D eigenvalue weighted by Crippen LogP contribution is 2.65. The molecule has 2 fully saturated rings. The number of benzene rings is 2. The van der Waals surface area contributed by atoms with Crippen molar-refractivity contribution in [2.24, 2.45) is 0 Å². The van der Waals surface area contributed by atoms with Gasteiger partial charge in [0.15, 0.2) is 11.5 Å². The molecular weight excluding hydrogens is 480 g/mol. The Balaban J connectivity index is 1.42. The van der Waals surface area contributed by atoms with Crippen molar-refractivity contribution >= 4 is 16.0 Å². The number of piperidine rings is 1. The molecule has 6 rings (SSSR count). The summed E-state index contributed by atoms with van der Waals surface area (Å²) in [6.07, 6.45) is 1.59. The molecule has 2 aliphatic heterocycles. The summed E-state index contributed by atoms with van der Waals surface area (Å²) in [6.45, 7) is 4.00. The predicted octanol–water partition coefficient (Wildman–Crippen LogP) is 2.19. The van der Waals surface area contributed by atoms with Crippen LogP contribution in [0, 0.1) is 6.92 Å². The first-order valence-corrected chi connectivity index (χ1v) is 14.2. The highest BCUT2D eigenvalue weighted by Gasteiger charge is 2.72. The van der Waals surface area contributed by atoms with Crippen LogP contribution in [0.4, 0.5) is 0 Å². The van der Waals surface area contributed by atoms with E-state index in [0.717, 1.165) is 28.8 Å². The maximum absolute atomic E-state index is 13.4. The van der Waals surface area contributed by atoms with Gasteiger partial charge in [0.05, 0.1) is 22.8 Å². The zero-order chi connectivity index (χ0) is 25.5. The van der Waals surface area contributed by atoms with Gasteiger partial charge in [0, 0.05) is 18.5 Å². The van der Waals surface area contributed by atoms with Crippen molar-refractivity contribution < 1.29 is 27.8 Å². The van der Waals surface area contributed by atoms with Crippen LogP contribution in [0.3, 0.4) is 0 Å². The maximum atomic E-state index is 13.4. The van der Waals surface area contributed by atoms with Crippen LogP contribution in [0.1, 0.15) is 48.4 Å². The first-order valence-electron chi connectivity index (χ1n) is 12.5. The third kappa shape index (κ3) is 3.29. The summed E-state index contributed by atoms with van der Waals surface area (Å²) in [6, 6.07) is 10.6. The highest BCUT2D eigenvalue weighted by molar-refractivity contribution is 7.88. The summed E-state index contributed by atoms with van der Waals surface area (Å²) < 4.78 is 41.7. The summed E-state index contributed by atoms with van der Waals surface area (Å²) >= 11 is 0. The monoisotopic (exact) mass is 512 g/mol. The van der Waals surface area contributed by atoms with Gasteiger partial charge in [0.25, 0.3) is 0 Å². The molecule has 4 aliphatic rings. The number of rotatable bonds is 5. The number of nitrogens with zero attached hydrogens (tertiary/aromatic N) is 1. The predicted molar refractivity (Wildman–Crippen MR) is 133 cm³/mol. The Labute approximate surface area is 211 Å².